The fourth-order valence-electron chi connectivity index (χ4n) is 5.67. The summed E-state index contributed by atoms with van der Waals surface area (Å²) >= 11 is 0. The summed E-state index contributed by atoms with van der Waals surface area (Å²) in [6, 6.07) is 21.6. The van der Waals surface area contributed by atoms with Crippen molar-refractivity contribution in [1.82, 2.24) is 10.3 Å². The summed E-state index contributed by atoms with van der Waals surface area (Å²) in [5, 5.41) is 5.81. The Balaban J connectivity index is 0.000000350. The van der Waals surface area contributed by atoms with Crippen LogP contribution < -0.4 is 26.8 Å². The Morgan fingerprint density at radius 2 is 1.68 bits per heavy atom. The third-order valence-electron chi connectivity index (χ3n) is 9.26. The number of unbranched alkanes of at least 4 members (excludes halogenated alkanes) is 2. The van der Waals surface area contributed by atoms with Gasteiger partial charge in [0.2, 0.25) is 6.79 Å². The van der Waals surface area contributed by atoms with Crippen LogP contribution in [0.5, 0.6) is 5.75 Å². The Morgan fingerprint density at radius 1 is 0.950 bits per heavy atom. The van der Waals surface area contributed by atoms with Crippen LogP contribution in [0, 0.1) is 5.92 Å². The molecule has 4 aromatic rings. The van der Waals surface area contributed by atoms with Gasteiger partial charge in [-0.1, -0.05) is 62.8 Å². The van der Waals surface area contributed by atoms with E-state index in [0.29, 0.717) is 47.8 Å². The average molecular weight is 821 g/mol. The topological polar surface area (TPSA) is 224 Å². The second-order valence-corrected chi connectivity index (χ2v) is 13.7. The van der Waals surface area contributed by atoms with Gasteiger partial charge in [0.25, 0.3) is 5.91 Å². The minimum absolute atomic E-state index is 0.00874. The standard InChI is InChI=1S/C31H31N3O7.C14H21N3O2/c1-3-21-14-22(17-35)24(15-27(21)39-2)23-11-12-26(29(36)33-16-20-9-10-20)34-28(23)31(38)41-18-40-30(37)25(32)13-19-7-5-4-6-8-19;1-3-4-5-10-19-14(18)17-13(15)11-6-8-12(16-2)9-7-11/h3-8,11-12,14-15,17,20,25H,1,9-10,13,16,18,32H2,2H3,(H,33,36);6-9,16H,3-5,10H2,1-2H3,(H2,15,17,18). The summed E-state index contributed by atoms with van der Waals surface area (Å²) in [4.78, 5) is 69.7. The fourth-order valence-corrected chi connectivity index (χ4v) is 5.67. The van der Waals surface area contributed by atoms with Crippen molar-refractivity contribution in [2.75, 3.05) is 39.4 Å². The largest absolute Gasteiger partial charge is 0.496 e. The first-order valence-corrected chi connectivity index (χ1v) is 19.5. The number of hydrogen-bond acceptors (Lipinski definition) is 12. The van der Waals surface area contributed by atoms with E-state index in [1.54, 1.807) is 24.3 Å². The van der Waals surface area contributed by atoms with Crippen molar-refractivity contribution >= 4 is 47.8 Å². The number of amidine groups is 1. The molecule has 60 heavy (non-hydrogen) atoms. The minimum Gasteiger partial charge on any atom is -0.496 e. The number of benzene rings is 3. The number of carbonyl (C=O) groups is 5. The number of ether oxygens (including phenoxy) is 4. The predicted molar refractivity (Wildman–Crippen MR) is 229 cm³/mol. The van der Waals surface area contributed by atoms with E-state index in [4.69, 9.17) is 30.4 Å². The number of rotatable bonds is 19. The molecule has 1 heterocycles. The summed E-state index contributed by atoms with van der Waals surface area (Å²) in [6.45, 7) is 6.00. The second-order valence-electron chi connectivity index (χ2n) is 13.7. The smallest absolute Gasteiger partial charge is 0.435 e. The molecule has 1 fully saturated rings. The Morgan fingerprint density at radius 3 is 2.32 bits per heavy atom. The number of nitrogens with zero attached hydrogens (tertiary/aromatic N) is 2. The number of aliphatic imine (C=N–C) groups is 1. The van der Waals surface area contributed by atoms with E-state index in [0.717, 1.165) is 43.4 Å². The molecule has 5 rings (SSSR count). The molecule has 15 nitrogen and oxygen atoms in total. The molecule has 1 aromatic heterocycles. The number of pyridine rings is 1. The second kappa shape index (κ2) is 23.5. The van der Waals surface area contributed by atoms with Crippen molar-refractivity contribution in [2.24, 2.45) is 22.4 Å². The molecule has 1 atom stereocenters. The van der Waals surface area contributed by atoms with E-state index in [1.165, 1.54) is 25.3 Å². The van der Waals surface area contributed by atoms with Crippen LogP contribution in [0.1, 0.15) is 87.1 Å². The molecule has 1 aliphatic carbocycles. The summed E-state index contributed by atoms with van der Waals surface area (Å²) in [7, 11) is 3.30. The van der Waals surface area contributed by atoms with E-state index < -0.39 is 36.8 Å². The molecule has 0 radical (unpaired) electrons. The molecular weight excluding hydrogens is 769 g/mol. The zero-order valence-electron chi connectivity index (χ0n) is 34.1. The quantitative estimate of drug-likeness (QED) is 0.0203. The van der Waals surface area contributed by atoms with E-state index in [2.05, 4.69) is 34.1 Å². The van der Waals surface area contributed by atoms with Crippen molar-refractivity contribution in [1.29, 1.82) is 0 Å². The zero-order chi connectivity index (χ0) is 43.4. The number of esters is 2. The van der Waals surface area contributed by atoms with Gasteiger partial charge >= 0.3 is 18.0 Å². The van der Waals surface area contributed by atoms with Crippen molar-refractivity contribution in [3.63, 3.8) is 0 Å². The Hall–Kier alpha value is -6.87. The first kappa shape index (κ1) is 45.8. The summed E-state index contributed by atoms with van der Waals surface area (Å²) in [5.41, 5.74) is 15.3. The van der Waals surface area contributed by atoms with E-state index in [9.17, 15) is 24.0 Å². The van der Waals surface area contributed by atoms with Gasteiger partial charge in [0, 0.05) is 41.5 Å². The highest BCUT2D eigenvalue weighted by atomic mass is 16.7. The monoisotopic (exact) mass is 820 g/mol. The van der Waals surface area contributed by atoms with Gasteiger partial charge < -0.3 is 41.0 Å². The molecule has 0 bridgehead atoms. The molecule has 0 saturated heterocycles. The number of hydrogen-bond donors (Lipinski definition) is 4. The normalized spacial score (nSPS) is 12.4. The maximum Gasteiger partial charge on any atom is 0.435 e. The highest BCUT2D eigenvalue weighted by Gasteiger charge is 2.25. The van der Waals surface area contributed by atoms with Gasteiger partial charge in [0.1, 0.15) is 23.3 Å². The number of aromatic nitrogens is 1. The van der Waals surface area contributed by atoms with Crippen LogP contribution in [-0.4, -0.2) is 81.2 Å². The molecule has 316 valence electrons. The van der Waals surface area contributed by atoms with Gasteiger partial charge in [0.15, 0.2) is 12.0 Å². The summed E-state index contributed by atoms with van der Waals surface area (Å²) < 4.78 is 20.7. The van der Waals surface area contributed by atoms with Crippen LogP contribution >= 0.6 is 0 Å². The van der Waals surface area contributed by atoms with E-state index in [-0.39, 0.29) is 34.8 Å². The lowest BCUT2D eigenvalue weighted by Gasteiger charge is -2.15. The molecule has 0 spiro atoms. The van der Waals surface area contributed by atoms with E-state index >= 15 is 0 Å². The van der Waals surface area contributed by atoms with Crippen LogP contribution in [0.4, 0.5) is 10.5 Å². The highest BCUT2D eigenvalue weighted by molar-refractivity contribution is 6.03. The fraction of sp³-hybridized carbons (Fsp3) is 0.311. The Kier molecular flexibility index (Phi) is 18.0. The minimum atomic E-state index is -0.968. The van der Waals surface area contributed by atoms with Crippen LogP contribution in [0.3, 0.4) is 0 Å². The van der Waals surface area contributed by atoms with Gasteiger partial charge in [-0.3, -0.25) is 14.4 Å². The van der Waals surface area contributed by atoms with Crippen molar-refractivity contribution in [2.45, 2.75) is 51.5 Å². The molecule has 1 unspecified atom stereocenters. The maximum absolute atomic E-state index is 13.2. The van der Waals surface area contributed by atoms with Crippen molar-refractivity contribution < 1.29 is 42.9 Å². The molecule has 1 aliphatic rings. The number of amides is 2. The lowest BCUT2D eigenvalue weighted by Crippen LogP contribution is -2.35. The molecule has 1 saturated carbocycles. The van der Waals surface area contributed by atoms with Gasteiger partial charge in [-0.25, -0.2) is 14.6 Å². The number of carbonyl (C=O) groups excluding carboxylic acids is 5. The van der Waals surface area contributed by atoms with Crippen LogP contribution in [0.2, 0.25) is 0 Å². The first-order chi connectivity index (χ1) is 29.0. The van der Waals surface area contributed by atoms with Crippen molar-refractivity contribution in [3.05, 3.63) is 119 Å². The summed E-state index contributed by atoms with van der Waals surface area (Å²) in [5.74, 6) is -1.15. The molecule has 2 amide bonds. The van der Waals surface area contributed by atoms with Crippen LogP contribution in [0.25, 0.3) is 17.2 Å². The van der Waals surface area contributed by atoms with Gasteiger partial charge in [-0.15, -0.1) is 0 Å². The zero-order valence-corrected chi connectivity index (χ0v) is 34.1. The Bertz CT molecular complexity index is 2140. The molecular formula is C45H52N6O9. The SMILES string of the molecule is C=Cc1cc(C=O)c(-c2ccc(C(=O)NCC3CC3)nc2C(=O)OCOC(=O)C(N)Cc2ccccc2)cc1OC.CCCCCOC(=O)/N=C(\N)c1ccc(NC)cc1. The number of anilines is 1. The highest BCUT2D eigenvalue weighted by Crippen LogP contribution is 2.33. The molecule has 0 aliphatic heterocycles. The van der Waals surface area contributed by atoms with E-state index in [1.807, 2.05) is 49.5 Å². The first-order valence-electron chi connectivity index (χ1n) is 19.5. The molecule has 6 N–H and O–H groups in total. The third kappa shape index (κ3) is 13.9. The molecule has 15 heteroatoms. The van der Waals surface area contributed by atoms with Gasteiger partial charge in [0.05, 0.1) is 13.7 Å². The number of nitrogens with one attached hydrogen (secondary N) is 2. The Labute approximate surface area is 349 Å². The predicted octanol–water partition coefficient (Wildman–Crippen LogP) is 6.34. The van der Waals surface area contributed by atoms with Gasteiger partial charge in [-0.05, 0) is 91.3 Å². The maximum atomic E-state index is 13.2. The average Bonchev–Trinajstić information content (AvgIpc) is 4.11. The van der Waals surface area contributed by atoms with Gasteiger partial charge in [-0.2, -0.15) is 4.99 Å². The summed E-state index contributed by atoms with van der Waals surface area (Å²) in [6.07, 6.45) is 6.85. The number of nitrogens with two attached hydrogens (primary N) is 2. The number of methoxy groups -OCH3 is 1. The lowest BCUT2D eigenvalue weighted by atomic mass is 9.95. The van der Waals surface area contributed by atoms with Crippen LogP contribution in [0.15, 0.2) is 90.4 Å². The lowest BCUT2D eigenvalue weighted by molar-refractivity contribution is -0.153. The van der Waals surface area contributed by atoms with Crippen molar-refractivity contribution in [3.8, 4) is 16.9 Å². The molecule has 3 aromatic carbocycles. The third-order valence-corrected chi connectivity index (χ3v) is 9.26. The number of aldehydes is 1. The van der Waals surface area contributed by atoms with Crippen LogP contribution in [-0.2, 0) is 25.4 Å².